The molecule has 0 unspecified atom stereocenters. The maximum absolute atomic E-state index is 12.2. The van der Waals surface area contributed by atoms with E-state index in [1.54, 1.807) is 19.2 Å². The molecule has 0 aliphatic heterocycles. The summed E-state index contributed by atoms with van der Waals surface area (Å²) in [6.45, 7) is 2.42. The van der Waals surface area contributed by atoms with Crippen LogP contribution in [0.5, 0.6) is 0 Å². The van der Waals surface area contributed by atoms with Crippen molar-refractivity contribution in [2.75, 3.05) is 7.05 Å². The van der Waals surface area contributed by atoms with Crippen LogP contribution in [0.25, 0.3) is 0 Å². The zero-order valence-electron chi connectivity index (χ0n) is 16.0. The minimum atomic E-state index is -0.199. The van der Waals surface area contributed by atoms with Gasteiger partial charge in [0.05, 0.1) is 6.04 Å². The van der Waals surface area contributed by atoms with E-state index in [-0.39, 0.29) is 18.0 Å². The van der Waals surface area contributed by atoms with Gasteiger partial charge in [-0.1, -0.05) is 30.3 Å². The largest absolute Gasteiger partial charge is 0.355 e. The third-order valence-electron chi connectivity index (χ3n) is 5.12. The van der Waals surface area contributed by atoms with Gasteiger partial charge in [-0.05, 0) is 67.0 Å². The minimum Gasteiger partial charge on any atom is -0.355 e. The Morgan fingerprint density at radius 1 is 1.00 bits per heavy atom. The lowest BCUT2D eigenvalue weighted by atomic mass is 9.89. The molecule has 0 saturated heterocycles. The van der Waals surface area contributed by atoms with Gasteiger partial charge in [0.2, 0.25) is 0 Å². The molecule has 3 amide bonds. The number of hydrogen-bond donors (Lipinski definition) is 3. The molecule has 27 heavy (non-hydrogen) atoms. The van der Waals surface area contributed by atoms with Crippen molar-refractivity contribution in [3.05, 3.63) is 70.3 Å². The quantitative estimate of drug-likeness (QED) is 0.759. The molecule has 5 nitrogen and oxygen atoms in total. The molecule has 3 N–H and O–H groups in total. The second-order valence-corrected chi connectivity index (χ2v) is 7.06. The van der Waals surface area contributed by atoms with E-state index >= 15 is 0 Å². The van der Waals surface area contributed by atoms with Crippen LogP contribution in [0.3, 0.4) is 0 Å². The highest BCUT2D eigenvalue weighted by atomic mass is 16.2. The van der Waals surface area contributed by atoms with E-state index in [0.29, 0.717) is 12.1 Å². The number of carbonyl (C=O) groups excluding carboxylic acids is 2. The predicted molar refractivity (Wildman–Crippen MR) is 107 cm³/mol. The Labute approximate surface area is 160 Å². The fourth-order valence-corrected chi connectivity index (χ4v) is 3.45. The molecule has 142 valence electrons. The average Bonchev–Trinajstić information content (AvgIpc) is 2.71. The van der Waals surface area contributed by atoms with Gasteiger partial charge in [-0.25, -0.2) is 4.79 Å². The molecule has 0 heterocycles. The van der Waals surface area contributed by atoms with Crippen LogP contribution in [-0.4, -0.2) is 19.0 Å². The number of aryl methyl sites for hydroxylation is 2. The van der Waals surface area contributed by atoms with E-state index < -0.39 is 0 Å². The molecule has 0 aromatic heterocycles. The number of carbonyl (C=O) groups is 2. The summed E-state index contributed by atoms with van der Waals surface area (Å²) in [6, 6.07) is 13.5. The number of rotatable bonds is 5. The maximum Gasteiger partial charge on any atom is 0.315 e. The Morgan fingerprint density at radius 2 is 1.70 bits per heavy atom. The lowest BCUT2D eigenvalue weighted by molar-refractivity contribution is 0.0963. The number of fused-ring (bicyclic) bond motifs is 1. The number of hydrogen-bond acceptors (Lipinski definition) is 2. The van der Waals surface area contributed by atoms with Crippen LogP contribution in [0.2, 0.25) is 0 Å². The van der Waals surface area contributed by atoms with Crippen molar-refractivity contribution in [1.29, 1.82) is 0 Å². The Balaban J connectivity index is 1.52. The highest BCUT2D eigenvalue weighted by Crippen LogP contribution is 2.24. The van der Waals surface area contributed by atoms with Gasteiger partial charge >= 0.3 is 6.03 Å². The molecular weight excluding hydrogens is 338 g/mol. The van der Waals surface area contributed by atoms with E-state index in [1.165, 1.54) is 24.0 Å². The fourth-order valence-electron chi connectivity index (χ4n) is 3.45. The van der Waals surface area contributed by atoms with E-state index in [1.807, 2.05) is 19.1 Å². The third kappa shape index (κ3) is 4.88. The number of benzene rings is 2. The van der Waals surface area contributed by atoms with Gasteiger partial charge in [-0.3, -0.25) is 4.79 Å². The molecule has 1 aliphatic carbocycles. The van der Waals surface area contributed by atoms with Crippen molar-refractivity contribution >= 4 is 11.9 Å². The Bertz CT molecular complexity index is 815. The van der Waals surface area contributed by atoms with Crippen LogP contribution in [0.15, 0.2) is 42.5 Å². The fraction of sp³-hybridized carbons (Fsp3) is 0.364. The van der Waals surface area contributed by atoms with Crippen LogP contribution in [0.4, 0.5) is 4.79 Å². The van der Waals surface area contributed by atoms with E-state index in [4.69, 9.17) is 0 Å². The Hall–Kier alpha value is -2.82. The first-order valence-electron chi connectivity index (χ1n) is 9.54. The average molecular weight is 365 g/mol. The summed E-state index contributed by atoms with van der Waals surface area (Å²) >= 11 is 0. The van der Waals surface area contributed by atoms with Crippen molar-refractivity contribution in [2.24, 2.45) is 0 Å². The maximum atomic E-state index is 12.2. The van der Waals surface area contributed by atoms with Crippen molar-refractivity contribution in [3.63, 3.8) is 0 Å². The molecule has 1 atom stereocenters. The van der Waals surface area contributed by atoms with E-state index in [0.717, 1.165) is 24.0 Å². The van der Waals surface area contributed by atoms with Gasteiger partial charge in [0.25, 0.3) is 5.91 Å². The molecule has 2 aromatic carbocycles. The first-order valence-corrected chi connectivity index (χ1v) is 9.54. The van der Waals surface area contributed by atoms with Crippen molar-refractivity contribution < 1.29 is 9.59 Å². The summed E-state index contributed by atoms with van der Waals surface area (Å²) in [7, 11) is 1.60. The number of amides is 3. The van der Waals surface area contributed by atoms with Gasteiger partial charge in [0.15, 0.2) is 0 Å². The van der Waals surface area contributed by atoms with Crippen LogP contribution < -0.4 is 16.0 Å². The molecule has 0 spiro atoms. The molecule has 1 aliphatic rings. The summed E-state index contributed by atoms with van der Waals surface area (Å²) in [5.41, 5.74) is 5.55. The molecule has 0 saturated carbocycles. The summed E-state index contributed by atoms with van der Waals surface area (Å²) in [4.78, 5) is 23.8. The lowest BCUT2D eigenvalue weighted by Crippen LogP contribution is -2.36. The molecular formula is C22H27N3O2. The minimum absolute atomic E-state index is 0.0483. The summed E-state index contributed by atoms with van der Waals surface area (Å²) < 4.78 is 0. The molecule has 3 rings (SSSR count). The van der Waals surface area contributed by atoms with E-state index in [9.17, 15) is 9.59 Å². The number of nitrogens with one attached hydrogen (secondary N) is 3. The van der Waals surface area contributed by atoms with Crippen LogP contribution in [0, 0.1) is 0 Å². The first-order chi connectivity index (χ1) is 13.1. The summed E-state index contributed by atoms with van der Waals surface area (Å²) in [5, 5.41) is 8.46. The topological polar surface area (TPSA) is 70.2 Å². The number of urea groups is 1. The van der Waals surface area contributed by atoms with Crippen molar-refractivity contribution in [2.45, 2.75) is 45.2 Å². The zero-order chi connectivity index (χ0) is 19.2. The monoisotopic (exact) mass is 365 g/mol. The lowest BCUT2D eigenvalue weighted by Gasteiger charge is -2.20. The van der Waals surface area contributed by atoms with Crippen molar-refractivity contribution in [1.82, 2.24) is 16.0 Å². The second-order valence-electron chi connectivity index (χ2n) is 7.06. The Kier molecular flexibility index (Phi) is 6.12. The molecule has 2 aromatic rings. The first kappa shape index (κ1) is 19.0. The normalized spacial score (nSPS) is 14.0. The van der Waals surface area contributed by atoms with Crippen LogP contribution in [-0.2, 0) is 19.4 Å². The molecule has 0 bridgehead atoms. The summed E-state index contributed by atoms with van der Waals surface area (Å²) in [5.74, 6) is -0.119. The van der Waals surface area contributed by atoms with Crippen LogP contribution in [0.1, 0.15) is 58.4 Å². The van der Waals surface area contributed by atoms with Gasteiger partial charge in [-0.15, -0.1) is 0 Å². The van der Waals surface area contributed by atoms with Gasteiger partial charge in [-0.2, -0.15) is 0 Å². The SMILES string of the molecule is CNC(=O)c1ccc(CNC(=O)N[C@@H](C)c2ccc3c(c2)CCCC3)cc1. The van der Waals surface area contributed by atoms with E-state index in [2.05, 4.69) is 34.1 Å². The Morgan fingerprint density at radius 3 is 2.41 bits per heavy atom. The highest BCUT2D eigenvalue weighted by molar-refractivity contribution is 5.93. The van der Waals surface area contributed by atoms with Gasteiger partial charge in [0.1, 0.15) is 0 Å². The van der Waals surface area contributed by atoms with Crippen molar-refractivity contribution in [3.8, 4) is 0 Å². The smallest absolute Gasteiger partial charge is 0.315 e. The summed E-state index contributed by atoms with van der Waals surface area (Å²) in [6.07, 6.45) is 4.81. The predicted octanol–water partition coefficient (Wildman–Crippen LogP) is 3.49. The van der Waals surface area contributed by atoms with Crippen LogP contribution >= 0.6 is 0 Å². The van der Waals surface area contributed by atoms with Gasteiger partial charge < -0.3 is 16.0 Å². The molecule has 0 fully saturated rings. The standard InChI is InChI=1S/C22H27N3O2/c1-15(19-12-11-17-5-3-4-6-20(17)13-19)25-22(27)24-14-16-7-9-18(10-8-16)21(26)23-2/h7-13,15H,3-6,14H2,1-2H3,(H,23,26)(H2,24,25,27)/t15-/m0/s1. The molecule has 0 radical (unpaired) electrons. The zero-order valence-corrected chi connectivity index (χ0v) is 16.0. The van der Waals surface area contributed by atoms with Gasteiger partial charge in [0, 0.05) is 19.2 Å². The third-order valence-corrected chi connectivity index (χ3v) is 5.12. The second kappa shape index (κ2) is 8.71. The highest BCUT2D eigenvalue weighted by Gasteiger charge is 2.14. The molecule has 5 heteroatoms.